The first-order valence-corrected chi connectivity index (χ1v) is 11.5. The van der Waals surface area contributed by atoms with Gasteiger partial charge in [0.2, 0.25) is 0 Å². The monoisotopic (exact) mass is 502 g/mol. The van der Waals surface area contributed by atoms with Crippen molar-refractivity contribution in [3.8, 4) is 5.75 Å². The van der Waals surface area contributed by atoms with Gasteiger partial charge in [0.1, 0.15) is 17.1 Å². The number of nitrogens with zero attached hydrogens (tertiary/aromatic N) is 2. The Hall–Kier alpha value is -4.10. The van der Waals surface area contributed by atoms with Crippen LogP contribution in [-0.4, -0.2) is 35.4 Å². The van der Waals surface area contributed by atoms with Gasteiger partial charge in [-0.25, -0.2) is 4.98 Å². The Morgan fingerprint density at radius 1 is 1.11 bits per heavy atom. The lowest BCUT2D eigenvalue weighted by atomic mass is 10.0. The molecule has 0 unspecified atom stereocenters. The second-order valence-corrected chi connectivity index (χ2v) is 8.57. The predicted octanol–water partition coefficient (Wildman–Crippen LogP) is 6.01. The minimum absolute atomic E-state index is 0. The number of aryl methyl sites for hydroxylation is 1. The van der Waals surface area contributed by atoms with Crippen molar-refractivity contribution in [2.75, 3.05) is 23.9 Å². The number of halogens is 1. The van der Waals surface area contributed by atoms with E-state index in [1.165, 1.54) is 7.11 Å². The van der Waals surface area contributed by atoms with E-state index in [0.29, 0.717) is 34.6 Å². The van der Waals surface area contributed by atoms with Crippen LogP contribution in [0.4, 0.5) is 11.4 Å². The molecule has 5 rings (SSSR count). The van der Waals surface area contributed by atoms with E-state index in [1.807, 2.05) is 43.3 Å². The summed E-state index contributed by atoms with van der Waals surface area (Å²) in [6, 6.07) is 18.3. The molecule has 0 bridgehead atoms. The molecule has 2 amide bonds. The van der Waals surface area contributed by atoms with Gasteiger partial charge in [-0.1, -0.05) is 30.8 Å². The molecule has 1 aromatic heterocycles. The first-order chi connectivity index (χ1) is 17.0. The molecule has 184 valence electrons. The van der Waals surface area contributed by atoms with Crippen molar-refractivity contribution in [1.82, 2.24) is 9.97 Å². The Kier molecular flexibility index (Phi) is 7.12. The van der Waals surface area contributed by atoms with Crippen LogP contribution in [0.5, 0.6) is 5.75 Å². The third-order valence-electron chi connectivity index (χ3n) is 6.25. The smallest absolute Gasteiger partial charge is 0.259 e. The van der Waals surface area contributed by atoms with Gasteiger partial charge < -0.3 is 19.9 Å². The van der Waals surface area contributed by atoms with Crippen LogP contribution < -0.4 is 15.0 Å². The van der Waals surface area contributed by atoms with Crippen LogP contribution in [0.3, 0.4) is 0 Å². The Balaban J connectivity index is 0.00000304. The lowest BCUT2D eigenvalue weighted by Crippen LogP contribution is -2.31. The number of anilines is 2. The summed E-state index contributed by atoms with van der Waals surface area (Å²) in [5, 5.41) is 2.92. The van der Waals surface area contributed by atoms with E-state index in [0.717, 1.165) is 41.0 Å². The number of hydrogen-bond acceptors (Lipinski definition) is 4. The third-order valence-corrected chi connectivity index (χ3v) is 6.25. The highest BCUT2D eigenvalue weighted by atomic mass is 35.5. The summed E-state index contributed by atoms with van der Waals surface area (Å²) in [5.74, 6) is 0.603. The molecular weight excluding hydrogens is 476 g/mol. The largest absolute Gasteiger partial charge is 0.496 e. The van der Waals surface area contributed by atoms with Crippen LogP contribution >= 0.6 is 12.4 Å². The van der Waals surface area contributed by atoms with Gasteiger partial charge in [-0.3, -0.25) is 9.59 Å². The standard InChI is InChI=1S/C28H26N4O3.ClH/c1-17-8-7-15-32(24-12-5-4-9-20(17)24)28(34)19-13-14-21(25(16-19)35-3)27(33)31-23-11-6-10-22-26(23)30-18(2)29-22;/h4-6,9-14,16H,1,7-8,15H2,2-3H3,(H,29,30)(H,31,33);1H. The molecule has 0 radical (unpaired) electrons. The maximum atomic E-state index is 13.5. The van der Waals surface area contributed by atoms with Crippen molar-refractivity contribution < 1.29 is 14.3 Å². The van der Waals surface area contributed by atoms with E-state index in [2.05, 4.69) is 21.9 Å². The second-order valence-electron chi connectivity index (χ2n) is 8.57. The van der Waals surface area contributed by atoms with Gasteiger partial charge >= 0.3 is 0 Å². The molecule has 0 saturated carbocycles. The van der Waals surface area contributed by atoms with Crippen LogP contribution in [-0.2, 0) is 0 Å². The molecule has 1 aliphatic heterocycles. The molecule has 0 spiro atoms. The van der Waals surface area contributed by atoms with Gasteiger partial charge in [0.15, 0.2) is 0 Å². The Morgan fingerprint density at radius 2 is 1.92 bits per heavy atom. The van der Waals surface area contributed by atoms with E-state index >= 15 is 0 Å². The number of rotatable bonds is 4. The number of nitrogens with one attached hydrogen (secondary N) is 2. The van der Waals surface area contributed by atoms with Crippen LogP contribution in [0.2, 0.25) is 0 Å². The van der Waals surface area contributed by atoms with Crippen molar-refractivity contribution in [1.29, 1.82) is 0 Å². The van der Waals surface area contributed by atoms with Gasteiger partial charge in [0.25, 0.3) is 11.8 Å². The Morgan fingerprint density at radius 3 is 2.72 bits per heavy atom. The summed E-state index contributed by atoms with van der Waals surface area (Å²) in [6.45, 7) is 6.64. The highest BCUT2D eigenvalue weighted by Gasteiger charge is 2.25. The van der Waals surface area contributed by atoms with Crippen molar-refractivity contribution >= 4 is 52.2 Å². The number of carbonyl (C=O) groups is 2. The number of allylic oxidation sites excluding steroid dienone is 1. The molecule has 7 nitrogen and oxygen atoms in total. The number of carbonyl (C=O) groups excluding carboxylic acids is 2. The number of fused-ring (bicyclic) bond motifs is 2. The molecule has 2 heterocycles. The van der Waals surface area contributed by atoms with E-state index in [-0.39, 0.29) is 24.2 Å². The average Bonchev–Trinajstić information content (AvgIpc) is 3.18. The Bertz CT molecular complexity index is 1480. The fourth-order valence-corrected chi connectivity index (χ4v) is 4.54. The second kappa shape index (κ2) is 10.3. The van der Waals surface area contributed by atoms with Crippen molar-refractivity contribution in [2.24, 2.45) is 0 Å². The fraction of sp³-hybridized carbons (Fsp3) is 0.179. The summed E-state index contributed by atoms with van der Waals surface area (Å²) in [7, 11) is 1.49. The number of aromatic nitrogens is 2. The zero-order valence-electron chi connectivity index (χ0n) is 20.1. The minimum atomic E-state index is -0.342. The van der Waals surface area contributed by atoms with Crippen molar-refractivity contribution in [3.05, 3.63) is 89.8 Å². The zero-order valence-corrected chi connectivity index (χ0v) is 20.9. The summed E-state index contributed by atoms with van der Waals surface area (Å²) >= 11 is 0. The Labute approximate surface area is 215 Å². The van der Waals surface area contributed by atoms with E-state index in [9.17, 15) is 9.59 Å². The lowest BCUT2D eigenvalue weighted by molar-refractivity contribution is 0.0982. The van der Waals surface area contributed by atoms with E-state index in [1.54, 1.807) is 29.2 Å². The number of imidazole rings is 1. The van der Waals surface area contributed by atoms with Crippen LogP contribution in [0, 0.1) is 6.92 Å². The van der Waals surface area contributed by atoms with Gasteiger partial charge in [0.05, 0.1) is 29.6 Å². The van der Waals surface area contributed by atoms with E-state index in [4.69, 9.17) is 4.74 Å². The number of methoxy groups -OCH3 is 1. The minimum Gasteiger partial charge on any atom is -0.496 e. The number of hydrogen-bond donors (Lipinski definition) is 2. The SMILES string of the molecule is C=C1CCCN(C(=O)c2ccc(C(=O)Nc3cccc4[nH]c(C)nc34)c(OC)c2)c2ccccc21.Cl. The lowest BCUT2D eigenvalue weighted by Gasteiger charge is -2.23. The molecule has 2 N–H and O–H groups in total. The molecule has 0 saturated heterocycles. The zero-order chi connectivity index (χ0) is 24.5. The highest BCUT2D eigenvalue weighted by molar-refractivity contribution is 6.12. The summed E-state index contributed by atoms with van der Waals surface area (Å²) in [4.78, 5) is 36.1. The first kappa shape index (κ1) is 25.0. The molecule has 0 fully saturated rings. The van der Waals surface area contributed by atoms with Crippen molar-refractivity contribution in [3.63, 3.8) is 0 Å². The van der Waals surface area contributed by atoms with Gasteiger partial charge in [0, 0.05) is 17.7 Å². The van der Waals surface area contributed by atoms with Crippen LogP contribution in [0.1, 0.15) is 44.9 Å². The third kappa shape index (κ3) is 4.57. The molecule has 4 aromatic rings. The summed E-state index contributed by atoms with van der Waals surface area (Å²) in [5.41, 5.74) is 5.78. The number of H-pyrrole nitrogens is 1. The van der Waals surface area contributed by atoms with Crippen molar-refractivity contribution in [2.45, 2.75) is 19.8 Å². The van der Waals surface area contributed by atoms with Gasteiger partial charge in [-0.2, -0.15) is 0 Å². The van der Waals surface area contributed by atoms with Gasteiger partial charge in [-0.05, 0) is 61.7 Å². The average molecular weight is 503 g/mol. The molecular formula is C28H27ClN4O3. The number of ether oxygens (including phenoxy) is 1. The fourth-order valence-electron chi connectivity index (χ4n) is 4.54. The topological polar surface area (TPSA) is 87.3 Å². The number of amides is 2. The quantitative estimate of drug-likeness (QED) is 0.358. The normalized spacial score (nSPS) is 12.9. The van der Waals surface area contributed by atoms with Gasteiger partial charge in [-0.15, -0.1) is 12.4 Å². The van der Waals surface area contributed by atoms with Crippen LogP contribution in [0.25, 0.3) is 16.6 Å². The molecule has 1 aliphatic rings. The molecule has 8 heteroatoms. The predicted molar refractivity (Wildman–Crippen MR) is 145 cm³/mol. The molecule has 3 aromatic carbocycles. The molecule has 0 aliphatic carbocycles. The van der Waals surface area contributed by atoms with Crippen LogP contribution in [0.15, 0.2) is 67.2 Å². The maximum Gasteiger partial charge on any atom is 0.259 e. The summed E-state index contributed by atoms with van der Waals surface area (Å²) < 4.78 is 5.52. The van der Waals surface area contributed by atoms with E-state index < -0.39 is 0 Å². The molecule has 36 heavy (non-hydrogen) atoms. The first-order valence-electron chi connectivity index (χ1n) is 11.5. The highest BCUT2D eigenvalue weighted by Crippen LogP contribution is 2.34. The number of benzene rings is 3. The maximum absolute atomic E-state index is 13.5. The number of aromatic amines is 1. The molecule has 0 atom stereocenters. The summed E-state index contributed by atoms with van der Waals surface area (Å²) in [6.07, 6.45) is 1.67. The number of para-hydroxylation sites is 2.